The van der Waals surface area contributed by atoms with Crippen molar-refractivity contribution in [2.45, 2.75) is 31.7 Å². The van der Waals surface area contributed by atoms with Crippen LogP contribution in [0.2, 0.25) is 5.02 Å². The smallest absolute Gasteiger partial charge is 0.170 e. The lowest BCUT2D eigenvalue weighted by Gasteiger charge is -2.16. The first-order valence-electron chi connectivity index (χ1n) is 8.51. The number of anilines is 1. The standard InChI is InChI=1S/C19H19ClN4S/c20-15-10-9-13(22-19(25)21-12-5-1-2-6-12)11-14(15)18-23-16-7-3-4-8-17(16)24-18/h3-4,7-12H,1-2,5-6H2,(H,23,24)(H2,21,22,25). The fourth-order valence-corrected chi connectivity index (χ4v) is 3.78. The molecule has 3 aromatic rings. The quantitative estimate of drug-likeness (QED) is 0.560. The van der Waals surface area contributed by atoms with E-state index in [4.69, 9.17) is 23.8 Å². The number of nitrogens with zero attached hydrogens (tertiary/aromatic N) is 1. The van der Waals surface area contributed by atoms with Crippen molar-refractivity contribution in [3.63, 3.8) is 0 Å². The largest absolute Gasteiger partial charge is 0.360 e. The van der Waals surface area contributed by atoms with Gasteiger partial charge >= 0.3 is 0 Å². The molecule has 0 spiro atoms. The van der Waals surface area contributed by atoms with Crippen LogP contribution in [-0.4, -0.2) is 21.1 Å². The highest BCUT2D eigenvalue weighted by Gasteiger charge is 2.16. The highest BCUT2D eigenvalue weighted by molar-refractivity contribution is 7.80. The van der Waals surface area contributed by atoms with E-state index in [2.05, 4.69) is 20.6 Å². The maximum atomic E-state index is 6.40. The van der Waals surface area contributed by atoms with Crippen LogP contribution in [0.15, 0.2) is 42.5 Å². The number of aromatic amines is 1. The van der Waals surface area contributed by atoms with Crippen molar-refractivity contribution in [3.05, 3.63) is 47.5 Å². The maximum Gasteiger partial charge on any atom is 0.170 e. The Morgan fingerprint density at radius 2 is 1.96 bits per heavy atom. The first kappa shape index (κ1) is 16.4. The minimum atomic E-state index is 0.488. The van der Waals surface area contributed by atoms with Crippen molar-refractivity contribution in [1.29, 1.82) is 0 Å². The predicted molar refractivity (Wildman–Crippen MR) is 108 cm³/mol. The summed E-state index contributed by atoms with van der Waals surface area (Å²) in [6, 6.07) is 14.2. The molecule has 2 aromatic carbocycles. The number of benzene rings is 2. The summed E-state index contributed by atoms with van der Waals surface area (Å²) in [5, 5.41) is 7.96. The number of hydrogen-bond acceptors (Lipinski definition) is 2. The number of imidazole rings is 1. The summed E-state index contributed by atoms with van der Waals surface area (Å²) < 4.78 is 0. The number of halogens is 1. The topological polar surface area (TPSA) is 52.7 Å². The normalized spacial score (nSPS) is 14.8. The van der Waals surface area contributed by atoms with Crippen LogP contribution in [0.3, 0.4) is 0 Å². The number of hydrogen-bond donors (Lipinski definition) is 3. The van der Waals surface area contributed by atoms with Gasteiger partial charge in [-0.2, -0.15) is 0 Å². The second kappa shape index (κ2) is 7.02. The fraction of sp³-hybridized carbons (Fsp3) is 0.263. The molecule has 1 aliphatic rings. The number of rotatable bonds is 3. The van der Waals surface area contributed by atoms with Crippen LogP contribution in [-0.2, 0) is 0 Å². The van der Waals surface area contributed by atoms with Crippen molar-refractivity contribution < 1.29 is 0 Å². The van der Waals surface area contributed by atoms with Crippen molar-refractivity contribution >= 4 is 45.7 Å². The molecule has 1 aromatic heterocycles. The van der Waals surface area contributed by atoms with Gasteiger partial charge in [0.15, 0.2) is 5.11 Å². The minimum Gasteiger partial charge on any atom is -0.360 e. The molecular formula is C19H19ClN4S. The van der Waals surface area contributed by atoms with E-state index in [0.29, 0.717) is 16.2 Å². The summed E-state index contributed by atoms with van der Waals surface area (Å²) in [5.74, 6) is 0.754. The summed E-state index contributed by atoms with van der Waals surface area (Å²) in [7, 11) is 0. The molecule has 6 heteroatoms. The van der Waals surface area contributed by atoms with Crippen LogP contribution in [0.25, 0.3) is 22.4 Å². The Morgan fingerprint density at radius 3 is 2.76 bits per heavy atom. The van der Waals surface area contributed by atoms with Gasteiger partial charge in [-0.05, 0) is 55.4 Å². The highest BCUT2D eigenvalue weighted by Crippen LogP contribution is 2.30. The maximum absolute atomic E-state index is 6.40. The number of para-hydroxylation sites is 2. The molecule has 0 unspecified atom stereocenters. The number of nitrogens with one attached hydrogen (secondary N) is 3. The molecule has 0 radical (unpaired) electrons. The number of H-pyrrole nitrogens is 1. The molecule has 0 amide bonds. The Hall–Kier alpha value is -2.11. The zero-order chi connectivity index (χ0) is 17.2. The van der Waals surface area contributed by atoms with Crippen molar-refractivity contribution in [2.75, 3.05) is 5.32 Å². The molecule has 1 heterocycles. The molecule has 4 nitrogen and oxygen atoms in total. The predicted octanol–water partition coefficient (Wildman–Crippen LogP) is 5.11. The molecule has 1 aliphatic carbocycles. The van der Waals surface area contributed by atoms with Crippen LogP contribution >= 0.6 is 23.8 Å². The van der Waals surface area contributed by atoms with Crippen LogP contribution in [0.4, 0.5) is 5.69 Å². The van der Waals surface area contributed by atoms with Crippen LogP contribution in [0, 0.1) is 0 Å². The van der Waals surface area contributed by atoms with Gasteiger partial charge in [-0.3, -0.25) is 0 Å². The second-order valence-corrected chi connectivity index (χ2v) is 7.19. The van der Waals surface area contributed by atoms with Gasteiger partial charge in [0.25, 0.3) is 0 Å². The minimum absolute atomic E-state index is 0.488. The van der Waals surface area contributed by atoms with Crippen LogP contribution in [0.1, 0.15) is 25.7 Å². The summed E-state index contributed by atoms with van der Waals surface area (Å²) >= 11 is 11.8. The number of fused-ring (bicyclic) bond motifs is 1. The molecule has 1 saturated carbocycles. The molecule has 4 rings (SSSR count). The lowest BCUT2D eigenvalue weighted by Crippen LogP contribution is -2.35. The average molecular weight is 371 g/mol. The third kappa shape index (κ3) is 3.62. The number of thiocarbonyl (C=S) groups is 1. The lowest BCUT2D eigenvalue weighted by atomic mass is 10.2. The molecule has 0 saturated heterocycles. The molecule has 0 aliphatic heterocycles. The lowest BCUT2D eigenvalue weighted by molar-refractivity contribution is 0.634. The van der Waals surface area contributed by atoms with Crippen molar-refractivity contribution in [3.8, 4) is 11.4 Å². The van der Waals surface area contributed by atoms with Gasteiger partial charge in [-0.1, -0.05) is 36.6 Å². The van der Waals surface area contributed by atoms with E-state index in [0.717, 1.165) is 28.1 Å². The monoisotopic (exact) mass is 370 g/mol. The Labute approximate surface area is 157 Å². The third-order valence-electron chi connectivity index (χ3n) is 4.56. The van der Waals surface area contributed by atoms with Crippen molar-refractivity contribution in [1.82, 2.24) is 15.3 Å². The van der Waals surface area contributed by atoms with E-state index in [1.165, 1.54) is 25.7 Å². The fourth-order valence-electron chi connectivity index (χ4n) is 3.29. The average Bonchev–Trinajstić information content (AvgIpc) is 3.25. The molecule has 0 atom stereocenters. The molecular weight excluding hydrogens is 352 g/mol. The van der Waals surface area contributed by atoms with E-state index >= 15 is 0 Å². The Balaban J connectivity index is 1.56. The second-order valence-electron chi connectivity index (χ2n) is 6.38. The first-order valence-corrected chi connectivity index (χ1v) is 9.30. The summed E-state index contributed by atoms with van der Waals surface area (Å²) in [5.41, 5.74) is 3.66. The Morgan fingerprint density at radius 1 is 1.16 bits per heavy atom. The third-order valence-corrected chi connectivity index (χ3v) is 5.11. The highest BCUT2D eigenvalue weighted by atomic mass is 35.5. The van der Waals surface area contributed by atoms with E-state index in [9.17, 15) is 0 Å². The van der Waals surface area contributed by atoms with E-state index in [1.54, 1.807) is 0 Å². The van der Waals surface area contributed by atoms with Gasteiger partial charge in [0, 0.05) is 17.3 Å². The summed E-state index contributed by atoms with van der Waals surface area (Å²) in [6.07, 6.45) is 4.92. The Bertz CT molecular complexity index is 882. The number of aromatic nitrogens is 2. The van der Waals surface area contributed by atoms with Crippen LogP contribution < -0.4 is 10.6 Å². The van der Waals surface area contributed by atoms with E-state index in [1.807, 2.05) is 42.5 Å². The molecule has 25 heavy (non-hydrogen) atoms. The van der Waals surface area contributed by atoms with Crippen LogP contribution in [0.5, 0.6) is 0 Å². The molecule has 1 fully saturated rings. The zero-order valence-corrected chi connectivity index (χ0v) is 15.3. The van der Waals surface area contributed by atoms with Crippen molar-refractivity contribution in [2.24, 2.45) is 0 Å². The van der Waals surface area contributed by atoms with Gasteiger partial charge in [0.1, 0.15) is 5.82 Å². The Kier molecular flexibility index (Phi) is 4.59. The van der Waals surface area contributed by atoms with E-state index in [-0.39, 0.29) is 0 Å². The van der Waals surface area contributed by atoms with E-state index < -0.39 is 0 Å². The summed E-state index contributed by atoms with van der Waals surface area (Å²) in [4.78, 5) is 7.95. The molecule has 3 N–H and O–H groups in total. The van der Waals surface area contributed by atoms with Gasteiger partial charge in [-0.15, -0.1) is 0 Å². The first-order chi connectivity index (χ1) is 12.2. The van der Waals surface area contributed by atoms with Gasteiger partial charge < -0.3 is 15.6 Å². The van der Waals surface area contributed by atoms with Gasteiger partial charge in [0.2, 0.25) is 0 Å². The van der Waals surface area contributed by atoms with Gasteiger partial charge in [-0.25, -0.2) is 4.98 Å². The SMILES string of the molecule is S=C(Nc1ccc(Cl)c(-c2nc3ccccc3[nH]2)c1)NC1CCCC1. The summed E-state index contributed by atoms with van der Waals surface area (Å²) in [6.45, 7) is 0. The van der Waals surface area contributed by atoms with Gasteiger partial charge in [0.05, 0.1) is 16.1 Å². The zero-order valence-electron chi connectivity index (χ0n) is 13.7. The molecule has 128 valence electrons. The molecule has 0 bridgehead atoms.